The first-order chi connectivity index (χ1) is 13.6. The van der Waals surface area contributed by atoms with Gasteiger partial charge in [-0.2, -0.15) is 0 Å². The van der Waals surface area contributed by atoms with Gasteiger partial charge >= 0.3 is 6.09 Å². The van der Waals surface area contributed by atoms with Crippen LogP contribution >= 0.6 is 0 Å². The molecular formula is C20H22N4O4. The molecule has 1 aliphatic heterocycles. The van der Waals surface area contributed by atoms with E-state index in [2.05, 4.69) is 15.6 Å². The highest BCUT2D eigenvalue weighted by atomic mass is 16.6. The molecule has 0 aliphatic carbocycles. The fourth-order valence-electron chi connectivity index (χ4n) is 3.02. The highest BCUT2D eigenvalue weighted by Gasteiger charge is 2.35. The van der Waals surface area contributed by atoms with Crippen molar-refractivity contribution < 1.29 is 19.1 Å². The number of pyridine rings is 1. The smallest absolute Gasteiger partial charge is 0.410 e. The van der Waals surface area contributed by atoms with Crippen molar-refractivity contribution in [2.45, 2.75) is 25.5 Å². The topological polar surface area (TPSA) is 101 Å². The molecule has 1 saturated heterocycles. The van der Waals surface area contributed by atoms with Gasteiger partial charge in [-0.3, -0.25) is 14.5 Å². The van der Waals surface area contributed by atoms with Crippen molar-refractivity contribution in [3.63, 3.8) is 0 Å². The maximum absolute atomic E-state index is 12.6. The molecule has 0 radical (unpaired) electrons. The molecule has 3 amide bonds. The van der Waals surface area contributed by atoms with Crippen LogP contribution in [0.15, 0.2) is 48.7 Å². The maximum Gasteiger partial charge on any atom is 0.410 e. The van der Waals surface area contributed by atoms with E-state index in [4.69, 9.17) is 4.74 Å². The number of carbonyl (C=O) groups excluding carboxylic acids is 3. The van der Waals surface area contributed by atoms with Crippen molar-refractivity contribution >= 4 is 23.7 Å². The molecule has 1 aromatic heterocycles. The molecular weight excluding hydrogens is 360 g/mol. The Balaban J connectivity index is 1.57. The van der Waals surface area contributed by atoms with Crippen molar-refractivity contribution in [2.75, 3.05) is 18.9 Å². The first-order valence-electron chi connectivity index (χ1n) is 9.05. The van der Waals surface area contributed by atoms with E-state index in [0.29, 0.717) is 24.3 Å². The lowest BCUT2D eigenvalue weighted by atomic mass is 10.2. The number of likely N-dealkylation sites (tertiary alicyclic amines) is 1. The number of amides is 3. The number of rotatable bonds is 5. The number of hydrogen-bond acceptors (Lipinski definition) is 5. The number of nitrogens with zero attached hydrogens (tertiary/aromatic N) is 2. The van der Waals surface area contributed by atoms with E-state index in [1.807, 2.05) is 30.3 Å². The molecule has 2 heterocycles. The summed E-state index contributed by atoms with van der Waals surface area (Å²) in [7, 11) is 1.53. The van der Waals surface area contributed by atoms with Gasteiger partial charge in [-0.15, -0.1) is 0 Å². The van der Waals surface area contributed by atoms with Crippen molar-refractivity contribution in [1.82, 2.24) is 15.2 Å². The molecule has 0 spiro atoms. The van der Waals surface area contributed by atoms with Gasteiger partial charge in [0.25, 0.3) is 5.91 Å². The summed E-state index contributed by atoms with van der Waals surface area (Å²) in [4.78, 5) is 42.1. The number of nitrogens with one attached hydrogen (secondary N) is 2. The van der Waals surface area contributed by atoms with Crippen LogP contribution in [0.25, 0.3) is 0 Å². The van der Waals surface area contributed by atoms with E-state index >= 15 is 0 Å². The van der Waals surface area contributed by atoms with E-state index < -0.39 is 12.1 Å². The lowest BCUT2D eigenvalue weighted by molar-refractivity contribution is -0.120. The Labute approximate surface area is 162 Å². The Morgan fingerprint density at radius 3 is 2.64 bits per heavy atom. The zero-order valence-corrected chi connectivity index (χ0v) is 15.6. The van der Waals surface area contributed by atoms with Crippen LogP contribution < -0.4 is 10.6 Å². The Kier molecular flexibility index (Phi) is 6.21. The third-order valence-corrected chi connectivity index (χ3v) is 4.50. The second-order valence-corrected chi connectivity index (χ2v) is 6.39. The second kappa shape index (κ2) is 8.98. The third-order valence-electron chi connectivity index (χ3n) is 4.50. The summed E-state index contributed by atoms with van der Waals surface area (Å²) in [6.07, 6.45) is 2.16. The van der Waals surface area contributed by atoms with Gasteiger partial charge in [-0.05, 0) is 30.5 Å². The average Bonchev–Trinajstić information content (AvgIpc) is 3.23. The molecule has 1 aromatic carbocycles. The van der Waals surface area contributed by atoms with Crippen molar-refractivity contribution in [1.29, 1.82) is 0 Å². The number of hydrogen-bond donors (Lipinski definition) is 2. The van der Waals surface area contributed by atoms with Gasteiger partial charge in [0.05, 0.1) is 5.56 Å². The predicted octanol–water partition coefficient (Wildman–Crippen LogP) is 2.18. The van der Waals surface area contributed by atoms with Crippen LogP contribution in [0.1, 0.15) is 28.8 Å². The lowest BCUT2D eigenvalue weighted by Gasteiger charge is -2.23. The molecule has 3 rings (SSSR count). The van der Waals surface area contributed by atoms with Crippen LogP contribution in [0.3, 0.4) is 0 Å². The van der Waals surface area contributed by atoms with Crippen LogP contribution in [0.4, 0.5) is 10.6 Å². The van der Waals surface area contributed by atoms with E-state index in [-0.39, 0.29) is 18.4 Å². The van der Waals surface area contributed by atoms with Crippen LogP contribution in [-0.4, -0.2) is 47.4 Å². The molecule has 2 aromatic rings. The minimum absolute atomic E-state index is 0.160. The van der Waals surface area contributed by atoms with E-state index in [1.54, 1.807) is 12.1 Å². The Bertz CT molecular complexity index is 839. The summed E-state index contributed by atoms with van der Waals surface area (Å²) < 4.78 is 5.34. The van der Waals surface area contributed by atoms with E-state index in [1.165, 1.54) is 18.1 Å². The molecule has 8 heteroatoms. The Morgan fingerprint density at radius 1 is 1.18 bits per heavy atom. The minimum Gasteiger partial charge on any atom is -0.445 e. The molecule has 2 N–H and O–H groups in total. The monoisotopic (exact) mass is 382 g/mol. The SMILES string of the molecule is CNC(=O)c1ccc(NC(=O)[C@H]2CCCN2C(=O)OCc2ccccc2)nc1. The number of ether oxygens (including phenoxy) is 1. The minimum atomic E-state index is -0.608. The summed E-state index contributed by atoms with van der Waals surface area (Å²) in [6, 6.07) is 11.9. The summed E-state index contributed by atoms with van der Waals surface area (Å²) in [5.74, 6) is -0.259. The number of anilines is 1. The number of aromatic nitrogens is 1. The second-order valence-electron chi connectivity index (χ2n) is 6.39. The predicted molar refractivity (Wildman–Crippen MR) is 103 cm³/mol. The standard InChI is InChI=1S/C20H22N4O4/c1-21-18(25)15-9-10-17(22-12-15)23-19(26)16-8-5-11-24(16)20(27)28-13-14-6-3-2-4-7-14/h2-4,6-7,9-10,12,16H,5,8,11,13H2,1H3,(H,21,25)(H,22,23,26)/t16-/m1/s1. The number of benzene rings is 1. The molecule has 0 bridgehead atoms. The summed E-state index contributed by atoms with van der Waals surface area (Å²) in [5, 5.41) is 5.20. The summed E-state index contributed by atoms with van der Waals surface area (Å²) >= 11 is 0. The third kappa shape index (κ3) is 4.64. The molecule has 0 unspecified atom stereocenters. The van der Waals surface area contributed by atoms with Crippen molar-refractivity contribution in [3.05, 3.63) is 59.8 Å². The van der Waals surface area contributed by atoms with Gasteiger partial charge in [0.15, 0.2) is 0 Å². The van der Waals surface area contributed by atoms with Gasteiger partial charge in [0, 0.05) is 19.8 Å². The molecule has 8 nitrogen and oxygen atoms in total. The lowest BCUT2D eigenvalue weighted by Crippen LogP contribution is -2.43. The molecule has 28 heavy (non-hydrogen) atoms. The summed E-state index contributed by atoms with van der Waals surface area (Å²) in [6.45, 7) is 0.627. The maximum atomic E-state index is 12.6. The molecule has 1 fully saturated rings. The van der Waals surface area contributed by atoms with Crippen LogP contribution in [0.5, 0.6) is 0 Å². The fraction of sp³-hybridized carbons (Fsp3) is 0.300. The Morgan fingerprint density at radius 2 is 1.96 bits per heavy atom. The first kappa shape index (κ1) is 19.3. The quantitative estimate of drug-likeness (QED) is 0.826. The van der Waals surface area contributed by atoms with Crippen molar-refractivity contribution in [2.24, 2.45) is 0 Å². The van der Waals surface area contributed by atoms with Gasteiger partial charge in [0.1, 0.15) is 18.5 Å². The zero-order valence-electron chi connectivity index (χ0n) is 15.6. The van der Waals surface area contributed by atoms with Crippen LogP contribution in [-0.2, 0) is 16.1 Å². The number of carbonyl (C=O) groups is 3. The molecule has 146 valence electrons. The van der Waals surface area contributed by atoms with Gasteiger partial charge in [-0.1, -0.05) is 30.3 Å². The highest BCUT2D eigenvalue weighted by molar-refractivity contribution is 5.97. The summed E-state index contributed by atoms with van der Waals surface area (Å²) in [5.41, 5.74) is 1.28. The normalized spacial score (nSPS) is 15.8. The molecule has 1 aliphatic rings. The fourth-order valence-corrected chi connectivity index (χ4v) is 3.02. The van der Waals surface area contributed by atoms with Gasteiger partial charge in [-0.25, -0.2) is 9.78 Å². The Hall–Kier alpha value is -3.42. The molecule has 0 saturated carbocycles. The highest BCUT2D eigenvalue weighted by Crippen LogP contribution is 2.20. The van der Waals surface area contributed by atoms with E-state index in [0.717, 1.165) is 12.0 Å². The van der Waals surface area contributed by atoms with Crippen molar-refractivity contribution in [3.8, 4) is 0 Å². The van der Waals surface area contributed by atoms with Gasteiger partial charge in [0.2, 0.25) is 5.91 Å². The van der Waals surface area contributed by atoms with E-state index in [9.17, 15) is 14.4 Å². The van der Waals surface area contributed by atoms with Crippen LogP contribution in [0, 0.1) is 0 Å². The largest absolute Gasteiger partial charge is 0.445 e. The zero-order chi connectivity index (χ0) is 19.9. The average molecular weight is 382 g/mol. The van der Waals surface area contributed by atoms with Gasteiger partial charge < -0.3 is 15.4 Å². The van der Waals surface area contributed by atoms with Crippen LogP contribution in [0.2, 0.25) is 0 Å². The first-order valence-corrected chi connectivity index (χ1v) is 9.05. The molecule has 1 atom stereocenters.